The number of amides is 1. The summed E-state index contributed by atoms with van der Waals surface area (Å²) >= 11 is 6.15. The molecule has 1 heterocycles. The average Bonchev–Trinajstić information content (AvgIpc) is 2.53. The van der Waals surface area contributed by atoms with E-state index in [0.717, 1.165) is 24.8 Å². The molecule has 1 amide bonds. The van der Waals surface area contributed by atoms with E-state index in [1.54, 1.807) is 4.90 Å². The number of ether oxygens (including phenoxy) is 1. The third kappa shape index (κ3) is 5.11. The Labute approximate surface area is 156 Å². The normalized spacial score (nSPS) is 20.9. The Hall–Kier alpha value is -1.26. The first-order chi connectivity index (χ1) is 11.7. The Bertz CT molecular complexity index is 599. The lowest BCUT2D eigenvalue weighted by Crippen LogP contribution is -2.49. The molecule has 1 aliphatic heterocycles. The molecule has 1 N–H and O–H groups in total. The molecule has 0 aromatic heterocycles. The van der Waals surface area contributed by atoms with Crippen LogP contribution < -0.4 is 0 Å². The van der Waals surface area contributed by atoms with Crippen molar-refractivity contribution in [3.8, 4) is 0 Å². The molecule has 4 nitrogen and oxygen atoms in total. The van der Waals surface area contributed by atoms with Crippen LogP contribution in [0.25, 0.3) is 0 Å². The third-order valence-corrected chi connectivity index (χ3v) is 4.94. The molecule has 25 heavy (non-hydrogen) atoms. The third-order valence-electron chi connectivity index (χ3n) is 4.70. The van der Waals surface area contributed by atoms with Crippen LogP contribution in [0.1, 0.15) is 58.9 Å². The van der Waals surface area contributed by atoms with E-state index in [1.165, 1.54) is 0 Å². The number of aliphatic hydroxyl groups is 1. The minimum Gasteiger partial charge on any atom is -0.444 e. The zero-order valence-electron chi connectivity index (χ0n) is 15.7. The molecule has 1 saturated heterocycles. The minimum atomic E-state index is -0.986. The van der Waals surface area contributed by atoms with Gasteiger partial charge in [0.2, 0.25) is 0 Å². The molecule has 0 saturated carbocycles. The van der Waals surface area contributed by atoms with E-state index in [2.05, 4.69) is 6.92 Å². The predicted molar refractivity (Wildman–Crippen MR) is 101 cm³/mol. The van der Waals surface area contributed by atoms with E-state index in [9.17, 15) is 9.90 Å². The van der Waals surface area contributed by atoms with Gasteiger partial charge in [-0.15, -0.1) is 0 Å². The number of benzene rings is 1. The van der Waals surface area contributed by atoms with Gasteiger partial charge in [0.25, 0.3) is 0 Å². The number of halogens is 1. The monoisotopic (exact) mass is 367 g/mol. The highest BCUT2D eigenvalue weighted by Crippen LogP contribution is 2.40. The Morgan fingerprint density at radius 2 is 2.12 bits per heavy atom. The van der Waals surface area contributed by atoms with Crippen molar-refractivity contribution in [3.05, 3.63) is 34.9 Å². The average molecular weight is 368 g/mol. The number of hydrogen-bond donors (Lipinski definition) is 1. The predicted octanol–water partition coefficient (Wildman–Crippen LogP) is 4.97. The number of carbonyl (C=O) groups excluding carboxylic acids is 1. The number of hydrogen-bond acceptors (Lipinski definition) is 3. The summed E-state index contributed by atoms with van der Waals surface area (Å²) in [7, 11) is 0. The molecule has 1 aliphatic rings. The Morgan fingerprint density at radius 1 is 1.40 bits per heavy atom. The van der Waals surface area contributed by atoms with Crippen LogP contribution in [0.2, 0.25) is 5.02 Å². The van der Waals surface area contributed by atoms with Crippen molar-refractivity contribution in [2.75, 3.05) is 13.1 Å². The van der Waals surface area contributed by atoms with Crippen LogP contribution in [0.15, 0.2) is 24.3 Å². The van der Waals surface area contributed by atoms with Crippen LogP contribution in [0, 0.1) is 5.92 Å². The molecule has 0 radical (unpaired) electrons. The molecule has 0 bridgehead atoms. The molecule has 5 heteroatoms. The van der Waals surface area contributed by atoms with Crippen LogP contribution >= 0.6 is 11.6 Å². The smallest absolute Gasteiger partial charge is 0.410 e. The van der Waals surface area contributed by atoms with Crippen molar-refractivity contribution in [2.24, 2.45) is 5.92 Å². The van der Waals surface area contributed by atoms with Crippen molar-refractivity contribution < 1.29 is 14.6 Å². The summed E-state index contributed by atoms with van der Waals surface area (Å²) in [6.45, 7) is 8.83. The molecule has 0 spiro atoms. The lowest BCUT2D eigenvalue weighted by molar-refractivity contribution is -0.0627. The summed E-state index contributed by atoms with van der Waals surface area (Å²) in [6.07, 6.45) is 2.92. The largest absolute Gasteiger partial charge is 0.444 e. The molecule has 1 fully saturated rings. The SMILES string of the molecule is CCC[C@](O)(c1cccc(Cl)c1)[C@@H]1CCCN(C(=O)OC(C)(C)C)C1. The topological polar surface area (TPSA) is 49.8 Å². The van der Waals surface area contributed by atoms with Crippen LogP contribution in [0.5, 0.6) is 0 Å². The summed E-state index contributed by atoms with van der Waals surface area (Å²) in [6, 6.07) is 7.44. The van der Waals surface area contributed by atoms with Gasteiger partial charge in [-0.05, 0) is 57.7 Å². The van der Waals surface area contributed by atoms with Crippen molar-refractivity contribution in [1.29, 1.82) is 0 Å². The van der Waals surface area contributed by atoms with E-state index < -0.39 is 11.2 Å². The molecule has 0 unspecified atom stereocenters. The highest BCUT2D eigenvalue weighted by atomic mass is 35.5. The lowest BCUT2D eigenvalue weighted by Gasteiger charge is -2.43. The van der Waals surface area contributed by atoms with Crippen molar-refractivity contribution >= 4 is 17.7 Å². The first-order valence-corrected chi connectivity index (χ1v) is 9.50. The number of piperidine rings is 1. The first-order valence-electron chi connectivity index (χ1n) is 9.12. The van der Waals surface area contributed by atoms with E-state index in [4.69, 9.17) is 16.3 Å². The summed E-state index contributed by atoms with van der Waals surface area (Å²) in [5.41, 5.74) is -0.672. The zero-order chi connectivity index (χ0) is 18.7. The fraction of sp³-hybridized carbons (Fsp3) is 0.650. The van der Waals surface area contributed by atoms with Crippen molar-refractivity contribution in [3.63, 3.8) is 0 Å². The van der Waals surface area contributed by atoms with E-state index in [-0.39, 0.29) is 12.0 Å². The van der Waals surface area contributed by atoms with Gasteiger partial charge in [-0.3, -0.25) is 0 Å². The molecule has 2 rings (SSSR count). The fourth-order valence-electron chi connectivity index (χ4n) is 3.58. The second kappa shape index (κ2) is 7.96. The standard InChI is InChI=1S/C20H30ClNO3/c1-5-11-20(24,15-8-6-10-17(21)13-15)16-9-7-12-22(14-16)18(23)25-19(2,3)4/h6,8,10,13,16,24H,5,7,9,11-12,14H2,1-4H3/t16-,20+/m1/s1. The van der Waals surface area contributed by atoms with Gasteiger partial charge in [-0.25, -0.2) is 4.79 Å². The van der Waals surface area contributed by atoms with Gasteiger partial charge < -0.3 is 14.7 Å². The number of likely N-dealkylation sites (tertiary alicyclic amines) is 1. The molecular weight excluding hydrogens is 338 g/mol. The first kappa shape index (κ1) is 20.1. The van der Waals surface area contributed by atoms with Gasteiger partial charge in [0.05, 0.1) is 5.60 Å². The van der Waals surface area contributed by atoms with Gasteiger partial charge in [0.15, 0.2) is 0 Å². The van der Waals surface area contributed by atoms with Gasteiger partial charge in [-0.1, -0.05) is 37.1 Å². The summed E-state index contributed by atoms with van der Waals surface area (Å²) in [4.78, 5) is 14.2. The van der Waals surface area contributed by atoms with Gasteiger partial charge in [0, 0.05) is 24.0 Å². The number of carbonyl (C=O) groups is 1. The van der Waals surface area contributed by atoms with E-state index >= 15 is 0 Å². The highest BCUT2D eigenvalue weighted by Gasteiger charge is 2.41. The maximum absolute atomic E-state index is 12.4. The molecule has 140 valence electrons. The van der Waals surface area contributed by atoms with E-state index in [0.29, 0.717) is 24.5 Å². The highest BCUT2D eigenvalue weighted by molar-refractivity contribution is 6.30. The van der Waals surface area contributed by atoms with Crippen molar-refractivity contribution in [1.82, 2.24) is 4.90 Å². The maximum Gasteiger partial charge on any atom is 0.410 e. The second-order valence-electron chi connectivity index (χ2n) is 7.95. The minimum absolute atomic E-state index is 0.0350. The van der Waals surface area contributed by atoms with Crippen molar-refractivity contribution in [2.45, 2.75) is 64.6 Å². The number of nitrogens with zero attached hydrogens (tertiary/aromatic N) is 1. The van der Waals surface area contributed by atoms with Gasteiger partial charge in [-0.2, -0.15) is 0 Å². The van der Waals surface area contributed by atoms with E-state index in [1.807, 2.05) is 45.0 Å². The van der Waals surface area contributed by atoms with Gasteiger partial charge in [0.1, 0.15) is 5.60 Å². The van der Waals surface area contributed by atoms with Gasteiger partial charge >= 0.3 is 6.09 Å². The Morgan fingerprint density at radius 3 is 2.72 bits per heavy atom. The second-order valence-corrected chi connectivity index (χ2v) is 8.39. The fourth-order valence-corrected chi connectivity index (χ4v) is 3.77. The van der Waals surface area contributed by atoms with Crippen LogP contribution in [0.3, 0.4) is 0 Å². The zero-order valence-corrected chi connectivity index (χ0v) is 16.5. The molecule has 1 aromatic carbocycles. The summed E-state index contributed by atoms with van der Waals surface area (Å²) < 4.78 is 5.51. The quantitative estimate of drug-likeness (QED) is 0.816. The Balaban J connectivity index is 2.22. The number of rotatable bonds is 4. The molecule has 0 aliphatic carbocycles. The van der Waals surface area contributed by atoms with Crippen LogP contribution in [-0.4, -0.2) is 34.8 Å². The molecule has 1 aromatic rings. The summed E-state index contributed by atoms with van der Waals surface area (Å²) in [5.74, 6) is -0.0350. The molecule has 2 atom stereocenters. The van der Waals surface area contributed by atoms with Crippen LogP contribution in [-0.2, 0) is 10.3 Å². The lowest BCUT2D eigenvalue weighted by atomic mass is 9.74. The van der Waals surface area contributed by atoms with Crippen LogP contribution in [0.4, 0.5) is 4.79 Å². The maximum atomic E-state index is 12.4. The Kier molecular flexibility index (Phi) is 6.39. The summed E-state index contributed by atoms with van der Waals surface area (Å²) in [5, 5.41) is 12.1. The molecular formula is C20H30ClNO3.